The van der Waals surface area contributed by atoms with E-state index in [-0.39, 0.29) is 11.5 Å². The van der Waals surface area contributed by atoms with E-state index in [4.69, 9.17) is 5.73 Å². The Morgan fingerprint density at radius 3 is 2.07 bits per heavy atom. The summed E-state index contributed by atoms with van der Waals surface area (Å²) in [5.41, 5.74) is 6.24. The van der Waals surface area contributed by atoms with Gasteiger partial charge in [-0.05, 0) is 43.9 Å². The molecule has 0 aromatic heterocycles. The molecule has 0 bridgehead atoms. The molecule has 3 N–H and O–H groups in total. The van der Waals surface area contributed by atoms with Crippen LogP contribution in [0.2, 0.25) is 0 Å². The highest BCUT2D eigenvalue weighted by Gasteiger charge is 2.40. The van der Waals surface area contributed by atoms with E-state index < -0.39 is 0 Å². The van der Waals surface area contributed by atoms with E-state index in [1.165, 1.54) is 12.8 Å². The van der Waals surface area contributed by atoms with Gasteiger partial charge in [0, 0.05) is 12.0 Å². The van der Waals surface area contributed by atoms with E-state index >= 15 is 0 Å². The van der Waals surface area contributed by atoms with Crippen LogP contribution < -0.4 is 5.73 Å². The van der Waals surface area contributed by atoms with Gasteiger partial charge in [-0.25, -0.2) is 0 Å². The summed E-state index contributed by atoms with van der Waals surface area (Å²) >= 11 is 0. The quantitative estimate of drug-likeness (QED) is 0.740. The lowest BCUT2D eigenvalue weighted by molar-refractivity contribution is -0.0110. The molecule has 2 nitrogen and oxygen atoms in total. The fraction of sp³-hybridized carbons (Fsp3) is 1.00. The van der Waals surface area contributed by atoms with Crippen molar-refractivity contribution >= 4 is 0 Å². The molecule has 1 aliphatic rings. The Bertz CT molecular complexity index is 197. The largest absolute Gasteiger partial charge is 0.393 e. The first kappa shape index (κ1) is 13.0. The van der Waals surface area contributed by atoms with Crippen LogP contribution in [0.3, 0.4) is 0 Å². The molecule has 0 saturated heterocycles. The molecule has 0 aliphatic heterocycles. The fourth-order valence-electron chi connectivity index (χ4n) is 2.85. The molecule has 0 aromatic carbocycles. The van der Waals surface area contributed by atoms with Crippen LogP contribution >= 0.6 is 0 Å². The van der Waals surface area contributed by atoms with Crippen molar-refractivity contribution in [2.45, 2.75) is 59.5 Å². The van der Waals surface area contributed by atoms with Gasteiger partial charge in [-0.15, -0.1) is 0 Å². The lowest BCUT2D eigenvalue weighted by atomic mass is 9.62. The highest BCUT2D eigenvalue weighted by Crippen LogP contribution is 2.46. The molecule has 0 aromatic rings. The van der Waals surface area contributed by atoms with Crippen molar-refractivity contribution in [2.75, 3.05) is 6.54 Å². The molecule has 1 saturated carbocycles. The molecular formula is C13H27NO. The van der Waals surface area contributed by atoms with E-state index in [0.29, 0.717) is 12.0 Å². The van der Waals surface area contributed by atoms with E-state index in [9.17, 15) is 5.11 Å². The molecule has 1 unspecified atom stereocenters. The minimum absolute atomic E-state index is 0.00174. The summed E-state index contributed by atoms with van der Waals surface area (Å²) in [4.78, 5) is 0. The van der Waals surface area contributed by atoms with Crippen molar-refractivity contribution < 1.29 is 5.11 Å². The number of hydrogen-bond acceptors (Lipinski definition) is 2. The number of nitrogens with two attached hydrogens (primary N) is 1. The monoisotopic (exact) mass is 213 g/mol. The van der Waals surface area contributed by atoms with Crippen LogP contribution in [0.25, 0.3) is 0 Å². The van der Waals surface area contributed by atoms with Crippen molar-refractivity contribution in [3.05, 3.63) is 0 Å². The first-order valence-corrected chi connectivity index (χ1v) is 6.20. The normalized spacial score (nSPS) is 35.2. The van der Waals surface area contributed by atoms with Crippen molar-refractivity contribution in [3.63, 3.8) is 0 Å². The Morgan fingerprint density at radius 2 is 1.80 bits per heavy atom. The summed E-state index contributed by atoms with van der Waals surface area (Å²) in [7, 11) is 0. The van der Waals surface area contributed by atoms with E-state index in [1.54, 1.807) is 0 Å². The lowest BCUT2D eigenvalue weighted by Crippen LogP contribution is -2.44. The summed E-state index contributed by atoms with van der Waals surface area (Å²) in [5.74, 6) is 0.788. The van der Waals surface area contributed by atoms with E-state index in [0.717, 1.165) is 18.8 Å². The summed E-state index contributed by atoms with van der Waals surface area (Å²) in [6.07, 6.45) is 4.34. The Morgan fingerprint density at radius 1 is 1.33 bits per heavy atom. The molecule has 2 heteroatoms. The Balaban J connectivity index is 2.61. The third-order valence-electron chi connectivity index (χ3n) is 4.50. The van der Waals surface area contributed by atoms with Gasteiger partial charge >= 0.3 is 0 Å². The standard InChI is InChI=1S/C13H27NO/c1-10(15)13(9-14)7-5-11(6-8-13)12(2,3)4/h10-11,15H,5-9,14H2,1-4H3. The van der Waals surface area contributed by atoms with Gasteiger partial charge in [0.05, 0.1) is 6.10 Å². The third-order valence-corrected chi connectivity index (χ3v) is 4.50. The molecule has 90 valence electrons. The fourth-order valence-corrected chi connectivity index (χ4v) is 2.85. The molecule has 15 heavy (non-hydrogen) atoms. The summed E-state index contributed by atoms with van der Waals surface area (Å²) < 4.78 is 0. The third kappa shape index (κ3) is 2.73. The molecule has 0 radical (unpaired) electrons. The van der Waals surface area contributed by atoms with Crippen LogP contribution in [0.4, 0.5) is 0 Å². The number of aliphatic hydroxyl groups excluding tert-OH is 1. The molecule has 0 amide bonds. The predicted molar refractivity (Wildman–Crippen MR) is 64.6 cm³/mol. The minimum atomic E-state index is -0.261. The van der Waals surface area contributed by atoms with Crippen LogP contribution in [0, 0.1) is 16.7 Å². The second-order valence-corrected chi connectivity index (χ2v) is 6.38. The average molecular weight is 213 g/mol. The van der Waals surface area contributed by atoms with E-state index in [2.05, 4.69) is 20.8 Å². The van der Waals surface area contributed by atoms with Crippen LogP contribution in [-0.2, 0) is 0 Å². The second-order valence-electron chi connectivity index (χ2n) is 6.38. The highest BCUT2D eigenvalue weighted by atomic mass is 16.3. The van der Waals surface area contributed by atoms with Gasteiger partial charge < -0.3 is 10.8 Å². The first-order chi connectivity index (χ1) is 6.82. The number of rotatable bonds is 2. The van der Waals surface area contributed by atoms with Crippen molar-refractivity contribution in [1.29, 1.82) is 0 Å². The van der Waals surface area contributed by atoms with Gasteiger partial charge in [-0.3, -0.25) is 0 Å². The van der Waals surface area contributed by atoms with E-state index in [1.807, 2.05) is 6.92 Å². The maximum Gasteiger partial charge on any atom is 0.0580 e. The molecule has 1 aliphatic carbocycles. The zero-order valence-electron chi connectivity index (χ0n) is 10.7. The number of hydrogen-bond donors (Lipinski definition) is 2. The van der Waals surface area contributed by atoms with Crippen molar-refractivity contribution in [2.24, 2.45) is 22.5 Å². The maximum atomic E-state index is 9.84. The van der Waals surface area contributed by atoms with Gasteiger partial charge in [0.15, 0.2) is 0 Å². The highest BCUT2D eigenvalue weighted by molar-refractivity contribution is 4.92. The van der Waals surface area contributed by atoms with Crippen LogP contribution in [-0.4, -0.2) is 17.8 Å². The zero-order chi connectivity index (χ0) is 11.7. The van der Waals surface area contributed by atoms with Crippen LogP contribution in [0.15, 0.2) is 0 Å². The summed E-state index contributed by atoms with van der Waals surface area (Å²) in [6, 6.07) is 0. The molecule has 1 atom stereocenters. The molecule has 1 rings (SSSR count). The topological polar surface area (TPSA) is 46.2 Å². The predicted octanol–water partition coefficient (Wildman–Crippen LogP) is 2.55. The van der Waals surface area contributed by atoms with Gasteiger partial charge in [0.2, 0.25) is 0 Å². The summed E-state index contributed by atoms with van der Waals surface area (Å²) in [5, 5.41) is 9.84. The van der Waals surface area contributed by atoms with Crippen molar-refractivity contribution in [1.82, 2.24) is 0 Å². The zero-order valence-corrected chi connectivity index (χ0v) is 10.7. The minimum Gasteiger partial charge on any atom is -0.393 e. The van der Waals surface area contributed by atoms with Gasteiger partial charge in [-0.2, -0.15) is 0 Å². The van der Waals surface area contributed by atoms with Crippen molar-refractivity contribution in [3.8, 4) is 0 Å². The maximum absolute atomic E-state index is 9.84. The second kappa shape index (κ2) is 4.42. The molecule has 0 spiro atoms. The Kier molecular flexibility index (Phi) is 3.83. The number of aliphatic hydroxyl groups is 1. The first-order valence-electron chi connectivity index (χ1n) is 6.20. The summed E-state index contributed by atoms with van der Waals surface area (Å²) in [6.45, 7) is 9.46. The van der Waals surface area contributed by atoms with Crippen LogP contribution in [0.5, 0.6) is 0 Å². The van der Waals surface area contributed by atoms with Gasteiger partial charge in [0.25, 0.3) is 0 Å². The van der Waals surface area contributed by atoms with Gasteiger partial charge in [0.1, 0.15) is 0 Å². The van der Waals surface area contributed by atoms with Crippen LogP contribution in [0.1, 0.15) is 53.4 Å². The Hall–Kier alpha value is -0.0800. The molecule has 0 heterocycles. The molecule has 1 fully saturated rings. The SMILES string of the molecule is CC(O)C1(CN)CCC(C(C)(C)C)CC1. The average Bonchev–Trinajstić information content (AvgIpc) is 2.16. The van der Waals surface area contributed by atoms with Gasteiger partial charge in [-0.1, -0.05) is 20.8 Å². The molecular weight excluding hydrogens is 186 g/mol. The smallest absolute Gasteiger partial charge is 0.0580 e. The Labute approximate surface area is 94.2 Å². The lowest BCUT2D eigenvalue weighted by Gasteiger charge is -2.45.